The fraction of sp³-hybridized carbons (Fsp3) is 0.200. The van der Waals surface area contributed by atoms with Crippen LogP contribution in [-0.2, 0) is 6.61 Å². The number of ether oxygens (including phenoxy) is 2. The number of rotatable bonds is 5. The van der Waals surface area contributed by atoms with E-state index in [0.717, 1.165) is 22.6 Å². The summed E-state index contributed by atoms with van der Waals surface area (Å²) < 4.78 is 11.1. The number of aryl methyl sites for hydroxylation is 2. The molecule has 0 atom stereocenters. The van der Waals surface area contributed by atoms with Crippen molar-refractivity contribution in [2.24, 2.45) is 0 Å². The molecule has 0 saturated carbocycles. The van der Waals surface area contributed by atoms with E-state index in [-0.39, 0.29) is 0 Å². The Balaban J connectivity index is 1.79. The zero-order valence-corrected chi connectivity index (χ0v) is 14.1. The maximum atomic E-state index is 5.85. The van der Waals surface area contributed by atoms with Crippen molar-refractivity contribution in [1.82, 2.24) is 9.97 Å². The van der Waals surface area contributed by atoms with Gasteiger partial charge in [-0.3, -0.25) is 0 Å². The molecular formula is C20H20N2O2. The van der Waals surface area contributed by atoms with Gasteiger partial charge in [0.25, 0.3) is 0 Å². The molecule has 0 radical (unpaired) electrons. The molecule has 0 unspecified atom stereocenters. The van der Waals surface area contributed by atoms with Gasteiger partial charge in [-0.05, 0) is 31.5 Å². The summed E-state index contributed by atoms with van der Waals surface area (Å²) in [5.41, 5.74) is 4.10. The molecule has 0 fully saturated rings. The number of methoxy groups -OCH3 is 1. The van der Waals surface area contributed by atoms with Gasteiger partial charge in [-0.1, -0.05) is 42.0 Å². The first kappa shape index (κ1) is 16.0. The van der Waals surface area contributed by atoms with Gasteiger partial charge in [0, 0.05) is 17.3 Å². The molecule has 24 heavy (non-hydrogen) atoms. The molecule has 0 spiro atoms. The number of nitrogens with zero attached hydrogens (tertiary/aromatic N) is 2. The van der Waals surface area contributed by atoms with E-state index in [1.54, 1.807) is 7.11 Å². The molecule has 4 nitrogen and oxygen atoms in total. The molecule has 1 aromatic heterocycles. The third-order valence-corrected chi connectivity index (χ3v) is 3.66. The Hall–Kier alpha value is -2.88. The molecule has 0 saturated heterocycles. The predicted octanol–water partition coefficient (Wildman–Crippen LogP) is 4.35. The Morgan fingerprint density at radius 2 is 1.71 bits per heavy atom. The molecule has 0 aliphatic rings. The SMILES string of the molecule is COc1cccc(COc2cc(C)nc(-c3ccc(C)cc3)n2)c1. The lowest BCUT2D eigenvalue weighted by atomic mass is 10.1. The number of hydrogen-bond acceptors (Lipinski definition) is 4. The lowest BCUT2D eigenvalue weighted by molar-refractivity contribution is 0.292. The molecule has 0 bridgehead atoms. The van der Waals surface area contributed by atoms with Gasteiger partial charge in [0.1, 0.15) is 12.4 Å². The highest BCUT2D eigenvalue weighted by Gasteiger charge is 2.06. The highest BCUT2D eigenvalue weighted by Crippen LogP contribution is 2.21. The summed E-state index contributed by atoms with van der Waals surface area (Å²) in [5, 5.41) is 0. The Kier molecular flexibility index (Phi) is 4.75. The highest BCUT2D eigenvalue weighted by atomic mass is 16.5. The van der Waals surface area contributed by atoms with Crippen molar-refractivity contribution >= 4 is 0 Å². The lowest BCUT2D eigenvalue weighted by Gasteiger charge is -2.09. The van der Waals surface area contributed by atoms with Gasteiger partial charge in [-0.15, -0.1) is 0 Å². The zero-order valence-electron chi connectivity index (χ0n) is 14.1. The Bertz CT molecular complexity index is 829. The van der Waals surface area contributed by atoms with Crippen LogP contribution < -0.4 is 9.47 Å². The van der Waals surface area contributed by atoms with Crippen LogP contribution in [0.25, 0.3) is 11.4 Å². The van der Waals surface area contributed by atoms with Crippen molar-refractivity contribution in [3.05, 3.63) is 71.4 Å². The molecule has 0 aliphatic heterocycles. The zero-order chi connectivity index (χ0) is 16.9. The molecule has 0 amide bonds. The summed E-state index contributed by atoms with van der Waals surface area (Å²) in [6, 6.07) is 17.8. The van der Waals surface area contributed by atoms with Crippen molar-refractivity contribution in [1.29, 1.82) is 0 Å². The molecule has 1 heterocycles. The van der Waals surface area contributed by atoms with Crippen LogP contribution in [0.4, 0.5) is 0 Å². The largest absolute Gasteiger partial charge is 0.497 e. The Morgan fingerprint density at radius 1 is 0.917 bits per heavy atom. The van der Waals surface area contributed by atoms with Crippen LogP contribution in [0.3, 0.4) is 0 Å². The molecule has 3 aromatic rings. The minimum atomic E-state index is 0.432. The Morgan fingerprint density at radius 3 is 2.46 bits per heavy atom. The molecular weight excluding hydrogens is 300 g/mol. The summed E-state index contributed by atoms with van der Waals surface area (Å²) in [6.45, 7) is 4.43. The standard InChI is InChI=1S/C20H20N2O2/c1-14-7-9-17(10-8-14)20-21-15(2)11-19(22-20)24-13-16-5-4-6-18(12-16)23-3/h4-12H,13H2,1-3H3. The summed E-state index contributed by atoms with van der Waals surface area (Å²) in [5.74, 6) is 2.06. The van der Waals surface area contributed by atoms with E-state index in [1.165, 1.54) is 5.56 Å². The van der Waals surface area contributed by atoms with E-state index in [0.29, 0.717) is 18.3 Å². The summed E-state index contributed by atoms with van der Waals surface area (Å²) in [4.78, 5) is 9.03. The summed E-state index contributed by atoms with van der Waals surface area (Å²) in [7, 11) is 1.65. The first-order valence-electron chi connectivity index (χ1n) is 7.82. The quantitative estimate of drug-likeness (QED) is 0.701. The summed E-state index contributed by atoms with van der Waals surface area (Å²) in [6.07, 6.45) is 0. The van der Waals surface area contributed by atoms with Gasteiger partial charge in [0.2, 0.25) is 5.88 Å². The molecule has 2 aromatic carbocycles. The molecule has 0 aliphatic carbocycles. The third-order valence-electron chi connectivity index (χ3n) is 3.66. The van der Waals surface area contributed by atoms with Crippen LogP contribution in [0.1, 0.15) is 16.8 Å². The Labute approximate surface area is 142 Å². The number of hydrogen-bond donors (Lipinski definition) is 0. The van der Waals surface area contributed by atoms with Crippen molar-refractivity contribution < 1.29 is 9.47 Å². The van der Waals surface area contributed by atoms with Gasteiger partial charge in [0.15, 0.2) is 5.82 Å². The molecule has 4 heteroatoms. The van der Waals surface area contributed by atoms with E-state index in [4.69, 9.17) is 9.47 Å². The van der Waals surface area contributed by atoms with E-state index in [1.807, 2.05) is 49.4 Å². The fourth-order valence-corrected chi connectivity index (χ4v) is 2.36. The monoisotopic (exact) mass is 320 g/mol. The topological polar surface area (TPSA) is 44.2 Å². The van der Waals surface area contributed by atoms with Gasteiger partial charge < -0.3 is 9.47 Å². The van der Waals surface area contributed by atoms with Crippen LogP contribution in [0, 0.1) is 13.8 Å². The average Bonchev–Trinajstić information content (AvgIpc) is 2.60. The molecule has 0 N–H and O–H groups in total. The van der Waals surface area contributed by atoms with Crippen LogP contribution in [0.5, 0.6) is 11.6 Å². The first-order chi connectivity index (χ1) is 11.6. The highest BCUT2D eigenvalue weighted by molar-refractivity contribution is 5.56. The van der Waals surface area contributed by atoms with Gasteiger partial charge >= 0.3 is 0 Å². The fourth-order valence-electron chi connectivity index (χ4n) is 2.36. The van der Waals surface area contributed by atoms with Gasteiger partial charge in [0.05, 0.1) is 7.11 Å². The van der Waals surface area contributed by atoms with Crippen LogP contribution in [0.2, 0.25) is 0 Å². The normalized spacial score (nSPS) is 10.5. The smallest absolute Gasteiger partial charge is 0.217 e. The maximum Gasteiger partial charge on any atom is 0.217 e. The van der Waals surface area contributed by atoms with E-state index >= 15 is 0 Å². The van der Waals surface area contributed by atoms with Gasteiger partial charge in [-0.2, -0.15) is 4.98 Å². The second kappa shape index (κ2) is 7.13. The first-order valence-corrected chi connectivity index (χ1v) is 7.82. The van der Waals surface area contributed by atoms with Crippen LogP contribution in [-0.4, -0.2) is 17.1 Å². The van der Waals surface area contributed by atoms with E-state index in [2.05, 4.69) is 29.0 Å². The van der Waals surface area contributed by atoms with Gasteiger partial charge in [-0.25, -0.2) is 4.98 Å². The second-order valence-electron chi connectivity index (χ2n) is 5.68. The van der Waals surface area contributed by atoms with Crippen LogP contribution in [0.15, 0.2) is 54.6 Å². The minimum absolute atomic E-state index is 0.432. The molecule has 3 rings (SSSR count). The average molecular weight is 320 g/mol. The number of benzene rings is 2. The van der Waals surface area contributed by atoms with E-state index < -0.39 is 0 Å². The second-order valence-corrected chi connectivity index (χ2v) is 5.68. The molecule has 122 valence electrons. The predicted molar refractivity (Wildman–Crippen MR) is 94.3 cm³/mol. The van der Waals surface area contributed by atoms with Crippen LogP contribution >= 0.6 is 0 Å². The van der Waals surface area contributed by atoms with Crippen molar-refractivity contribution in [2.45, 2.75) is 20.5 Å². The lowest BCUT2D eigenvalue weighted by Crippen LogP contribution is -2.01. The minimum Gasteiger partial charge on any atom is -0.497 e. The third kappa shape index (κ3) is 3.90. The number of aromatic nitrogens is 2. The summed E-state index contributed by atoms with van der Waals surface area (Å²) >= 11 is 0. The van der Waals surface area contributed by atoms with Crippen molar-refractivity contribution in [3.63, 3.8) is 0 Å². The van der Waals surface area contributed by atoms with Crippen molar-refractivity contribution in [3.8, 4) is 23.0 Å². The maximum absolute atomic E-state index is 5.85. The van der Waals surface area contributed by atoms with Crippen molar-refractivity contribution in [2.75, 3.05) is 7.11 Å². The van der Waals surface area contributed by atoms with E-state index in [9.17, 15) is 0 Å².